The summed E-state index contributed by atoms with van der Waals surface area (Å²) in [6.45, 7) is -1.41. The minimum atomic E-state index is -4.84. The SMILES string of the molecule is O=C(O)CCC/C=C/C/C=C/C/C=C/C/C=C/C/C=C/CCOC(=O)OCC(COP(=O)(O)O)OC(=O)O. The maximum absolute atomic E-state index is 11.5. The molecule has 0 saturated heterocycles. The summed E-state index contributed by atoms with van der Waals surface area (Å²) >= 11 is 0. The molecule has 0 bridgehead atoms. The zero-order chi connectivity index (χ0) is 28.5. The van der Waals surface area contributed by atoms with E-state index in [9.17, 15) is 18.9 Å². The zero-order valence-corrected chi connectivity index (χ0v) is 22.0. The molecule has 4 N–H and O–H groups in total. The minimum absolute atomic E-state index is 0.0270. The molecule has 0 heterocycles. The highest BCUT2D eigenvalue weighted by atomic mass is 31.2. The van der Waals surface area contributed by atoms with Gasteiger partial charge in [0, 0.05) is 6.42 Å². The Balaban J connectivity index is 3.83. The van der Waals surface area contributed by atoms with Gasteiger partial charge in [0.15, 0.2) is 6.10 Å². The van der Waals surface area contributed by atoms with Crippen molar-refractivity contribution in [3.05, 3.63) is 60.8 Å². The summed E-state index contributed by atoms with van der Waals surface area (Å²) in [6, 6.07) is 0. The number of rotatable bonds is 21. The van der Waals surface area contributed by atoms with Crippen LogP contribution in [0, 0.1) is 0 Å². The molecule has 1 atom stereocenters. The number of aliphatic carboxylic acids is 1. The van der Waals surface area contributed by atoms with Crippen molar-refractivity contribution in [2.24, 2.45) is 0 Å². The van der Waals surface area contributed by atoms with E-state index in [0.717, 1.165) is 25.7 Å². The molecule has 0 aromatic heterocycles. The molecule has 0 spiro atoms. The number of phosphoric ester groups is 1. The Bertz CT molecular complexity index is 870. The number of hydrogen-bond acceptors (Lipinski definition) is 8. The predicted octanol–water partition coefficient (Wildman–Crippen LogP) is 5.30. The van der Waals surface area contributed by atoms with Crippen LogP contribution in [0.5, 0.6) is 0 Å². The number of carbonyl (C=O) groups is 3. The van der Waals surface area contributed by atoms with Gasteiger partial charge in [0.1, 0.15) is 6.61 Å². The van der Waals surface area contributed by atoms with Gasteiger partial charge >= 0.3 is 26.1 Å². The van der Waals surface area contributed by atoms with Crippen LogP contribution in [0.15, 0.2) is 60.8 Å². The number of hydrogen-bond donors (Lipinski definition) is 4. The molecule has 38 heavy (non-hydrogen) atoms. The first-order valence-corrected chi connectivity index (χ1v) is 13.5. The highest BCUT2D eigenvalue weighted by Crippen LogP contribution is 2.35. The average Bonchev–Trinajstić information content (AvgIpc) is 2.83. The number of unbranched alkanes of at least 4 members (excludes halogenated alkanes) is 1. The van der Waals surface area contributed by atoms with Gasteiger partial charge in [-0.3, -0.25) is 9.32 Å². The summed E-state index contributed by atoms with van der Waals surface area (Å²) in [5.41, 5.74) is 0. The first kappa shape index (κ1) is 34.8. The van der Waals surface area contributed by atoms with E-state index in [-0.39, 0.29) is 13.0 Å². The molecule has 0 saturated carbocycles. The van der Waals surface area contributed by atoms with E-state index in [1.807, 2.05) is 36.5 Å². The quantitative estimate of drug-likeness (QED) is 0.0615. The molecule has 0 amide bonds. The average molecular weight is 561 g/mol. The summed E-state index contributed by atoms with van der Waals surface area (Å²) in [7, 11) is -4.84. The van der Waals surface area contributed by atoms with E-state index in [1.165, 1.54) is 0 Å². The first-order valence-electron chi connectivity index (χ1n) is 12.0. The van der Waals surface area contributed by atoms with Crippen LogP contribution in [-0.4, -0.2) is 64.2 Å². The largest absolute Gasteiger partial charge is 0.508 e. The Morgan fingerprint density at radius 2 is 1.21 bits per heavy atom. The second-order valence-corrected chi connectivity index (χ2v) is 8.82. The molecule has 0 aliphatic heterocycles. The Morgan fingerprint density at radius 1 is 0.711 bits per heavy atom. The standard InChI is InChI=1S/C25H37O12P/c26-23(27)18-16-14-12-10-8-6-4-2-1-3-5-7-9-11-13-15-17-19-34-25(30)35-20-22(37-24(28)29)21-36-38(31,32)33/h1,3-4,6-7,9-10,12-13,15,22H,2,5,8,11,14,16-21H2,(H,26,27)(H,28,29)(H2,31,32,33)/b3-1+,6-4+,9-7+,12-10+,15-13+. The summed E-state index contributed by atoms with van der Waals surface area (Å²) in [5.74, 6) is -0.764. The van der Waals surface area contributed by atoms with E-state index in [2.05, 4.69) is 38.3 Å². The van der Waals surface area contributed by atoms with Crippen LogP contribution in [0.1, 0.15) is 51.4 Å². The number of carboxylic acid groups (broad SMARTS) is 2. The fourth-order valence-electron chi connectivity index (χ4n) is 2.54. The number of carboxylic acids is 1. The van der Waals surface area contributed by atoms with Gasteiger partial charge in [0.2, 0.25) is 0 Å². The van der Waals surface area contributed by atoms with Gasteiger partial charge < -0.3 is 34.2 Å². The van der Waals surface area contributed by atoms with E-state index in [4.69, 9.17) is 24.7 Å². The van der Waals surface area contributed by atoms with Crippen molar-refractivity contribution in [3.8, 4) is 0 Å². The van der Waals surface area contributed by atoms with Crippen molar-refractivity contribution in [3.63, 3.8) is 0 Å². The molecule has 0 radical (unpaired) electrons. The van der Waals surface area contributed by atoms with Crippen LogP contribution >= 0.6 is 7.82 Å². The summed E-state index contributed by atoms with van der Waals surface area (Å²) < 4.78 is 28.6. The molecule has 0 aliphatic carbocycles. The minimum Gasteiger partial charge on any atom is -0.481 e. The van der Waals surface area contributed by atoms with Gasteiger partial charge in [-0.1, -0.05) is 60.8 Å². The third-order valence-electron chi connectivity index (χ3n) is 4.27. The third-order valence-corrected chi connectivity index (χ3v) is 4.76. The number of carbonyl (C=O) groups excluding carboxylic acids is 1. The van der Waals surface area contributed by atoms with Crippen molar-refractivity contribution >= 4 is 26.1 Å². The molecule has 0 aromatic carbocycles. The van der Waals surface area contributed by atoms with Crippen LogP contribution in [0.3, 0.4) is 0 Å². The molecule has 0 fully saturated rings. The van der Waals surface area contributed by atoms with Crippen LogP contribution in [-0.2, 0) is 28.1 Å². The van der Waals surface area contributed by atoms with Gasteiger partial charge in [0.05, 0.1) is 13.2 Å². The van der Waals surface area contributed by atoms with Crippen LogP contribution in [0.2, 0.25) is 0 Å². The van der Waals surface area contributed by atoms with Crippen LogP contribution in [0.25, 0.3) is 0 Å². The van der Waals surface area contributed by atoms with Gasteiger partial charge in [-0.05, 0) is 44.9 Å². The molecule has 13 heteroatoms. The second-order valence-electron chi connectivity index (χ2n) is 7.58. The maximum Gasteiger partial charge on any atom is 0.508 e. The number of allylic oxidation sites excluding steroid dienone is 9. The molecule has 0 aromatic rings. The van der Waals surface area contributed by atoms with Crippen molar-refractivity contribution in [1.29, 1.82) is 0 Å². The van der Waals surface area contributed by atoms with Crippen LogP contribution in [0.4, 0.5) is 9.59 Å². The normalized spacial score (nSPS) is 13.2. The van der Waals surface area contributed by atoms with Gasteiger partial charge in [-0.15, -0.1) is 0 Å². The molecule has 0 rings (SSSR count). The smallest absolute Gasteiger partial charge is 0.481 e. The van der Waals surface area contributed by atoms with E-state index >= 15 is 0 Å². The van der Waals surface area contributed by atoms with E-state index in [1.54, 1.807) is 0 Å². The van der Waals surface area contributed by atoms with E-state index in [0.29, 0.717) is 19.3 Å². The Morgan fingerprint density at radius 3 is 1.68 bits per heavy atom. The molecule has 1 unspecified atom stereocenters. The molecule has 12 nitrogen and oxygen atoms in total. The third kappa shape index (κ3) is 27.4. The molecular formula is C25H37O12P. The van der Waals surface area contributed by atoms with Crippen molar-refractivity contribution in [2.45, 2.75) is 57.5 Å². The number of ether oxygens (including phenoxy) is 3. The molecular weight excluding hydrogens is 523 g/mol. The van der Waals surface area contributed by atoms with Gasteiger partial charge in [0.25, 0.3) is 0 Å². The molecule has 214 valence electrons. The van der Waals surface area contributed by atoms with Crippen molar-refractivity contribution in [1.82, 2.24) is 0 Å². The van der Waals surface area contributed by atoms with Crippen molar-refractivity contribution < 1.29 is 57.7 Å². The van der Waals surface area contributed by atoms with E-state index < -0.39 is 45.4 Å². The first-order chi connectivity index (χ1) is 18.1. The Hall–Kier alpha value is -3.18. The van der Waals surface area contributed by atoms with Gasteiger partial charge in [-0.25, -0.2) is 14.2 Å². The Labute approximate surface area is 222 Å². The topological polar surface area (TPSA) is 186 Å². The number of phosphoric acid groups is 1. The lowest BCUT2D eigenvalue weighted by atomic mass is 10.2. The summed E-state index contributed by atoms with van der Waals surface area (Å²) in [4.78, 5) is 49.8. The van der Waals surface area contributed by atoms with Gasteiger partial charge in [-0.2, -0.15) is 0 Å². The summed E-state index contributed by atoms with van der Waals surface area (Å²) in [6.07, 6.45) is 21.1. The lowest BCUT2D eigenvalue weighted by molar-refractivity contribution is -0.137. The zero-order valence-electron chi connectivity index (χ0n) is 21.1. The molecule has 0 aliphatic rings. The second kappa shape index (κ2) is 23.0. The predicted molar refractivity (Wildman–Crippen MR) is 138 cm³/mol. The summed E-state index contributed by atoms with van der Waals surface area (Å²) in [5, 5.41) is 17.1. The lowest BCUT2D eigenvalue weighted by Gasteiger charge is -2.16. The fraction of sp³-hybridized carbons (Fsp3) is 0.480. The highest BCUT2D eigenvalue weighted by Gasteiger charge is 2.22. The monoisotopic (exact) mass is 560 g/mol. The van der Waals surface area contributed by atoms with Crippen molar-refractivity contribution in [2.75, 3.05) is 19.8 Å². The maximum atomic E-state index is 11.5. The lowest BCUT2D eigenvalue weighted by Crippen LogP contribution is -2.29. The fourth-order valence-corrected chi connectivity index (χ4v) is 2.90. The highest BCUT2D eigenvalue weighted by molar-refractivity contribution is 7.46. The van der Waals surface area contributed by atoms with Crippen LogP contribution < -0.4 is 0 Å². The Kier molecular flexibility index (Phi) is 21.1.